The van der Waals surface area contributed by atoms with Crippen LogP contribution in [0.15, 0.2) is 78.9 Å². The number of phenolic OH excluding ortho intramolecular Hbond substituents is 1. The number of nitrogens with one attached hydrogen (secondary N) is 1. The standard InChI is InChI=1S/C32H29NO2/c1-20(34)33-19-18-30-22-7-3-2-6-21(22)12-13-26(30)23-8-4-9-24-27(23)14-15-29-25-10-5-11-32(35)31(25)17-16-28(24)29/h2-3,5-7,10-17,23,35H,4,8-9,18-19H2,1H3,(H,33,34). The second-order valence-electron chi connectivity index (χ2n) is 9.70. The zero-order valence-corrected chi connectivity index (χ0v) is 20.0. The maximum Gasteiger partial charge on any atom is 0.216 e. The summed E-state index contributed by atoms with van der Waals surface area (Å²) in [7, 11) is 0. The van der Waals surface area contributed by atoms with Crippen LogP contribution in [0.3, 0.4) is 0 Å². The molecule has 0 heterocycles. The molecule has 174 valence electrons. The third kappa shape index (κ3) is 3.72. The molecule has 2 N–H and O–H groups in total. The van der Waals surface area contributed by atoms with E-state index in [0.717, 1.165) is 36.5 Å². The van der Waals surface area contributed by atoms with Crippen molar-refractivity contribution in [3.05, 3.63) is 101 Å². The predicted octanol–water partition coefficient (Wildman–Crippen LogP) is 7.00. The molecule has 1 amide bonds. The molecule has 0 aliphatic heterocycles. The van der Waals surface area contributed by atoms with Gasteiger partial charge in [0.15, 0.2) is 0 Å². The van der Waals surface area contributed by atoms with Gasteiger partial charge in [0.2, 0.25) is 5.91 Å². The number of aryl methyl sites for hydroxylation is 1. The molecule has 1 aliphatic rings. The molecule has 0 spiro atoms. The Hall–Kier alpha value is -3.85. The third-order valence-corrected chi connectivity index (χ3v) is 7.68. The highest BCUT2D eigenvalue weighted by atomic mass is 16.3. The summed E-state index contributed by atoms with van der Waals surface area (Å²) in [5, 5.41) is 20.4. The van der Waals surface area contributed by atoms with Gasteiger partial charge in [-0.2, -0.15) is 0 Å². The molecule has 0 saturated carbocycles. The molecule has 1 aliphatic carbocycles. The van der Waals surface area contributed by atoms with Crippen molar-refractivity contribution in [3.8, 4) is 5.75 Å². The summed E-state index contributed by atoms with van der Waals surface area (Å²) in [6.07, 6.45) is 4.16. The highest BCUT2D eigenvalue weighted by molar-refractivity contribution is 6.10. The lowest BCUT2D eigenvalue weighted by Gasteiger charge is -2.30. The van der Waals surface area contributed by atoms with E-state index in [1.807, 2.05) is 6.07 Å². The Morgan fingerprint density at radius 3 is 2.46 bits per heavy atom. The van der Waals surface area contributed by atoms with Crippen LogP contribution in [0.2, 0.25) is 0 Å². The second-order valence-corrected chi connectivity index (χ2v) is 9.70. The van der Waals surface area contributed by atoms with Gasteiger partial charge >= 0.3 is 0 Å². The van der Waals surface area contributed by atoms with Gasteiger partial charge in [0.25, 0.3) is 0 Å². The van der Waals surface area contributed by atoms with Crippen molar-refractivity contribution >= 4 is 38.2 Å². The third-order valence-electron chi connectivity index (χ3n) is 7.68. The molecule has 3 heteroatoms. The summed E-state index contributed by atoms with van der Waals surface area (Å²) in [5.74, 6) is 0.680. The van der Waals surface area contributed by atoms with E-state index in [4.69, 9.17) is 0 Å². The number of hydrogen-bond donors (Lipinski definition) is 2. The summed E-state index contributed by atoms with van der Waals surface area (Å²) in [4.78, 5) is 11.6. The predicted molar refractivity (Wildman–Crippen MR) is 144 cm³/mol. The number of carbonyl (C=O) groups is 1. The highest BCUT2D eigenvalue weighted by Crippen LogP contribution is 2.43. The molecule has 5 aromatic carbocycles. The first-order valence-electron chi connectivity index (χ1n) is 12.5. The molecular formula is C32H29NO2. The van der Waals surface area contributed by atoms with E-state index in [2.05, 4.69) is 72.0 Å². The fraction of sp³-hybridized carbons (Fsp3) is 0.219. The van der Waals surface area contributed by atoms with Crippen LogP contribution in [-0.2, 0) is 17.6 Å². The Balaban J connectivity index is 1.52. The molecule has 0 saturated heterocycles. The average molecular weight is 460 g/mol. The lowest BCUT2D eigenvalue weighted by molar-refractivity contribution is -0.118. The van der Waals surface area contributed by atoms with Crippen LogP contribution < -0.4 is 5.32 Å². The Labute approximate surface area is 205 Å². The van der Waals surface area contributed by atoms with Crippen molar-refractivity contribution < 1.29 is 9.90 Å². The molecule has 1 atom stereocenters. The van der Waals surface area contributed by atoms with Crippen LogP contribution in [0.4, 0.5) is 0 Å². The first kappa shape index (κ1) is 21.7. The normalized spacial score (nSPS) is 15.4. The van der Waals surface area contributed by atoms with Gasteiger partial charge < -0.3 is 10.4 Å². The SMILES string of the molecule is CC(=O)NCCc1c(C2CCCc3c2ccc2c3ccc3c(O)cccc32)ccc2ccccc12. The van der Waals surface area contributed by atoms with Gasteiger partial charge in [0, 0.05) is 24.8 Å². The van der Waals surface area contributed by atoms with Gasteiger partial charge in [-0.15, -0.1) is 0 Å². The highest BCUT2D eigenvalue weighted by Gasteiger charge is 2.26. The summed E-state index contributed by atoms with van der Waals surface area (Å²) >= 11 is 0. The summed E-state index contributed by atoms with van der Waals surface area (Å²) in [6, 6.07) is 27.7. The smallest absolute Gasteiger partial charge is 0.216 e. The molecule has 5 aromatic rings. The number of rotatable bonds is 4. The monoisotopic (exact) mass is 459 g/mol. The van der Waals surface area contributed by atoms with Gasteiger partial charge in [-0.3, -0.25) is 4.79 Å². The number of benzene rings is 5. The molecule has 0 fully saturated rings. The minimum atomic E-state index is 0.0135. The fourth-order valence-electron chi connectivity index (χ4n) is 6.13. The molecule has 0 bridgehead atoms. The topological polar surface area (TPSA) is 49.3 Å². The largest absolute Gasteiger partial charge is 0.507 e. The number of hydrogen-bond acceptors (Lipinski definition) is 2. The molecule has 0 aromatic heterocycles. The number of phenols is 1. The van der Waals surface area contributed by atoms with Gasteiger partial charge in [0.1, 0.15) is 5.75 Å². The molecule has 0 radical (unpaired) electrons. The fourth-order valence-corrected chi connectivity index (χ4v) is 6.13. The second kappa shape index (κ2) is 8.74. The molecule has 6 rings (SSSR count). The Kier molecular flexibility index (Phi) is 5.41. The minimum absolute atomic E-state index is 0.0135. The van der Waals surface area contributed by atoms with Crippen molar-refractivity contribution in [2.75, 3.05) is 6.54 Å². The number of fused-ring (bicyclic) bond motifs is 6. The van der Waals surface area contributed by atoms with E-state index in [1.54, 1.807) is 13.0 Å². The van der Waals surface area contributed by atoms with Crippen LogP contribution in [0.5, 0.6) is 5.75 Å². The number of amides is 1. The van der Waals surface area contributed by atoms with Gasteiger partial charge in [-0.05, 0) is 80.9 Å². The first-order valence-corrected chi connectivity index (χ1v) is 12.5. The van der Waals surface area contributed by atoms with Crippen LogP contribution in [0.1, 0.15) is 47.9 Å². The van der Waals surface area contributed by atoms with Crippen molar-refractivity contribution in [2.45, 2.75) is 38.5 Å². The summed E-state index contributed by atoms with van der Waals surface area (Å²) < 4.78 is 0. The van der Waals surface area contributed by atoms with E-state index in [1.165, 1.54) is 43.8 Å². The van der Waals surface area contributed by atoms with E-state index in [-0.39, 0.29) is 5.91 Å². The van der Waals surface area contributed by atoms with E-state index >= 15 is 0 Å². The Morgan fingerprint density at radius 2 is 1.57 bits per heavy atom. The summed E-state index contributed by atoms with van der Waals surface area (Å²) in [6.45, 7) is 2.22. The van der Waals surface area contributed by atoms with Crippen molar-refractivity contribution in [1.29, 1.82) is 0 Å². The Morgan fingerprint density at radius 1 is 0.829 bits per heavy atom. The summed E-state index contributed by atoms with van der Waals surface area (Å²) in [5.41, 5.74) is 5.58. The number of carbonyl (C=O) groups excluding carboxylic acids is 1. The molecule has 35 heavy (non-hydrogen) atoms. The lowest BCUT2D eigenvalue weighted by atomic mass is 9.75. The molecular weight excluding hydrogens is 430 g/mol. The van der Waals surface area contributed by atoms with Crippen LogP contribution in [0.25, 0.3) is 32.3 Å². The van der Waals surface area contributed by atoms with E-state index < -0.39 is 0 Å². The van der Waals surface area contributed by atoms with Crippen molar-refractivity contribution in [1.82, 2.24) is 5.32 Å². The van der Waals surface area contributed by atoms with Gasteiger partial charge in [0.05, 0.1) is 0 Å². The quantitative estimate of drug-likeness (QED) is 0.284. The van der Waals surface area contributed by atoms with Crippen LogP contribution in [0, 0.1) is 0 Å². The van der Waals surface area contributed by atoms with Crippen LogP contribution in [-0.4, -0.2) is 17.6 Å². The van der Waals surface area contributed by atoms with E-state index in [0.29, 0.717) is 18.2 Å². The van der Waals surface area contributed by atoms with Gasteiger partial charge in [-0.1, -0.05) is 72.8 Å². The lowest BCUT2D eigenvalue weighted by Crippen LogP contribution is -2.23. The maximum atomic E-state index is 11.6. The van der Waals surface area contributed by atoms with E-state index in [9.17, 15) is 9.90 Å². The Bertz CT molecular complexity index is 1600. The van der Waals surface area contributed by atoms with Crippen molar-refractivity contribution in [3.63, 3.8) is 0 Å². The average Bonchev–Trinajstić information content (AvgIpc) is 2.88. The van der Waals surface area contributed by atoms with Crippen molar-refractivity contribution in [2.24, 2.45) is 0 Å². The van der Waals surface area contributed by atoms with Gasteiger partial charge in [-0.25, -0.2) is 0 Å². The minimum Gasteiger partial charge on any atom is -0.507 e. The number of aromatic hydroxyl groups is 1. The zero-order chi connectivity index (χ0) is 23.9. The maximum absolute atomic E-state index is 11.6. The zero-order valence-electron chi connectivity index (χ0n) is 20.0. The first-order chi connectivity index (χ1) is 17.1. The molecule has 3 nitrogen and oxygen atoms in total. The van der Waals surface area contributed by atoms with Crippen LogP contribution >= 0.6 is 0 Å². The molecule has 1 unspecified atom stereocenters.